The molecule has 3 heteroatoms. The molecule has 2 aromatic carbocycles. The molecule has 0 aromatic heterocycles. The summed E-state index contributed by atoms with van der Waals surface area (Å²) in [5, 5.41) is 0. The summed E-state index contributed by atoms with van der Waals surface area (Å²) >= 11 is 0. The predicted octanol–water partition coefficient (Wildman–Crippen LogP) is 9.59. The minimum Gasteiger partial charge on any atom is -0.255 e. The molecule has 0 heterocycles. The Labute approximate surface area is 213 Å². The van der Waals surface area contributed by atoms with Crippen molar-refractivity contribution in [3.05, 3.63) is 59.7 Å². The van der Waals surface area contributed by atoms with Crippen molar-refractivity contribution in [3.63, 3.8) is 0 Å². The summed E-state index contributed by atoms with van der Waals surface area (Å²) in [5.41, 5.74) is 5.94. The van der Waals surface area contributed by atoms with Crippen molar-refractivity contribution < 1.29 is 16.5 Å². The zero-order valence-electron chi connectivity index (χ0n) is 21.1. The van der Waals surface area contributed by atoms with Crippen molar-refractivity contribution in [2.75, 3.05) is 0 Å². The predicted molar refractivity (Wildman–Crippen MR) is 143 cm³/mol. The molecule has 0 N–H and O–H groups in total. The van der Waals surface area contributed by atoms with Crippen molar-refractivity contribution in [1.82, 2.24) is 0 Å². The van der Waals surface area contributed by atoms with E-state index in [2.05, 4.69) is 69.3 Å². The van der Waals surface area contributed by atoms with Crippen LogP contribution < -0.4 is 0 Å². The van der Waals surface area contributed by atoms with E-state index >= 15 is 0 Å². The molecule has 0 radical (unpaired) electrons. The zero-order chi connectivity index (χ0) is 22.9. The van der Waals surface area contributed by atoms with Crippen LogP contribution in [0, 0.1) is 0 Å². The van der Waals surface area contributed by atoms with Gasteiger partial charge in [0.2, 0.25) is 0 Å². The van der Waals surface area contributed by atoms with Crippen LogP contribution in [-0.4, -0.2) is 11.9 Å². The molecule has 2 nitrogen and oxygen atoms in total. The molecule has 0 unspecified atom stereocenters. The second kappa shape index (κ2) is 18.7. The Bertz CT molecular complexity index is 826. The van der Waals surface area contributed by atoms with Gasteiger partial charge in [-0.3, -0.25) is 9.98 Å². The Morgan fingerprint density at radius 2 is 1.21 bits per heavy atom. The van der Waals surface area contributed by atoms with E-state index in [9.17, 15) is 0 Å². The smallest absolute Gasteiger partial charge is 0.0636 e. The molecule has 184 valence electrons. The van der Waals surface area contributed by atoms with E-state index in [0.717, 1.165) is 49.2 Å². The third-order valence-corrected chi connectivity index (χ3v) is 5.88. The van der Waals surface area contributed by atoms with Crippen molar-refractivity contribution in [2.24, 2.45) is 9.98 Å². The Balaban J connectivity index is 0.00000544. The number of hydrogen-bond acceptors (Lipinski definition) is 2. The fourth-order valence-electron chi connectivity index (χ4n) is 3.91. The van der Waals surface area contributed by atoms with Crippen LogP contribution in [-0.2, 0) is 29.3 Å². The van der Waals surface area contributed by atoms with Crippen molar-refractivity contribution in [3.8, 4) is 0 Å². The monoisotopic (exact) mass is 490 g/mol. The van der Waals surface area contributed by atoms with E-state index < -0.39 is 0 Å². The van der Waals surface area contributed by atoms with Crippen LogP contribution in [0.5, 0.6) is 0 Å². The molecule has 0 aliphatic heterocycles. The van der Waals surface area contributed by atoms with Gasteiger partial charge in [0.05, 0.1) is 17.1 Å². The summed E-state index contributed by atoms with van der Waals surface area (Å²) in [4.78, 5) is 9.77. The van der Waals surface area contributed by atoms with Gasteiger partial charge in [-0.1, -0.05) is 90.0 Å². The van der Waals surface area contributed by atoms with Crippen molar-refractivity contribution in [1.29, 1.82) is 0 Å². The Morgan fingerprint density at radius 1 is 0.667 bits per heavy atom. The van der Waals surface area contributed by atoms with Crippen LogP contribution in [0.4, 0.5) is 11.4 Å². The number of aryl methyl sites for hydroxylation is 2. The quantitative estimate of drug-likeness (QED) is 0.127. The topological polar surface area (TPSA) is 24.7 Å². The number of nitrogens with zero attached hydrogens (tertiary/aromatic N) is 2. The van der Waals surface area contributed by atoms with Crippen LogP contribution >= 0.6 is 0 Å². The normalized spacial score (nSPS) is 11.7. The van der Waals surface area contributed by atoms with E-state index in [-0.39, 0.29) is 16.5 Å². The number of benzene rings is 2. The zero-order valence-corrected chi connectivity index (χ0v) is 22.1. The average Bonchev–Trinajstić information content (AvgIpc) is 2.82. The molecule has 0 amide bonds. The van der Waals surface area contributed by atoms with Crippen molar-refractivity contribution in [2.45, 2.75) is 104 Å². The van der Waals surface area contributed by atoms with Crippen LogP contribution in [0.25, 0.3) is 0 Å². The molecule has 0 atom stereocenters. The molecule has 0 aliphatic carbocycles. The Kier molecular flexibility index (Phi) is 16.6. The largest absolute Gasteiger partial charge is 0.255 e. The average molecular weight is 491 g/mol. The van der Waals surface area contributed by atoms with Crippen LogP contribution in [0.3, 0.4) is 0 Å². The van der Waals surface area contributed by atoms with Gasteiger partial charge in [-0.2, -0.15) is 0 Å². The molecule has 33 heavy (non-hydrogen) atoms. The summed E-state index contributed by atoms with van der Waals surface area (Å²) in [5.74, 6) is 0. The number of aliphatic imine (C=N–C) groups is 2. The first-order valence-electron chi connectivity index (χ1n) is 13.0. The molecule has 2 aromatic rings. The van der Waals surface area contributed by atoms with Gasteiger partial charge in [0.15, 0.2) is 0 Å². The molecular weight excluding hydrogens is 447 g/mol. The van der Waals surface area contributed by atoms with Crippen LogP contribution in [0.15, 0.2) is 58.5 Å². The van der Waals surface area contributed by atoms with Gasteiger partial charge >= 0.3 is 0 Å². The van der Waals surface area contributed by atoms with Gasteiger partial charge in [0.25, 0.3) is 0 Å². The maximum atomic E-state index is 4.98. The number of unbranched alkanes of at least 4 members (excludes halogenated alkanes) is 7. The molecule has 0 bridgehead atoms. The van der Waals surface area contributed by atoms with E-state index in [1.54, 1.807) is 0 Å². The van der Waals surface area contributed by atoms with E-state index in [1.807, 2.05) is 6.21 Å². The molecular formula is C30H44N2Ni. The maximum absolute atomic E-state index is 4.98. The van der Waals surface area contributed by atoms with Crippen LogP contribution in [0.1, 0.15) is 103 Å². The van der Waals surface area contributed by atoms with E-state index in [0.29, 0.717) is 0 Å². The third-order valence-electron chi connectivity index (χ3n) is 5.88. The Hall–Kier alpha value is -1.73. The first-order valence-corrected chi connectivity index (χ1v) is 13.0. The van der Waals surface area contributed by atoms with Gasteiger partial charge in [-0.05, 0) is 73.9 Å². The van der Waals surface area contributed by atoms with Gasteiger partial charge in [0.1, 0.15) is 0 Å². The summed E-state index contributed by atoms with van der Waals surface area (Å²) in [6, 6.07) is 17.4. The standard InChI is InChI=1S/C30H44N2.Ni/c1-4-7-10-12-16-26-18-14-21-28(23-26)31-25-30(20-9-6-3)32-29-22-15-19-27(24-29)17-13-11-8-5-2;/h14-15,18-19,21-25H,4-13,16-17,20H2,1-3H3;/b31-25+,32-30+;. The maximum Gasteiger partial charge on any atom is 0.0636 e. The molecule has 0 saturated heterocycles. The molecule has 0 fully saturated rings. The summed E-state index contributed by atoms with van der Waals surface area (Å²) in [6.07, 6.45) is 17.9. The van der Waals surface area contributed by atoms with Crippen LogP contribution in [0.2, 0.25) is 0 Å². The second-order valence-electron chi connectivity index (χ2n) is 8.93. The molecule has 0 spiro atoms. The van der Waals surface area contributed by atoms with Gasteiger partial charge < -0.3 is 0 Å². The minimum atomic E-state index is 0. The fraction of sp³-hybridized carbons (Fsp3) is 0.533. The molecule has 0 aliphatic rings. The van der Waals surface area contributed by atoms with Crippen molar-refractivity contribution >= 4 is 23.3 Å². The first kappa shape index (κ1) is 29.3. The second-order valence-corrected chi connectivity index (χ2v) is 8.93. The summed E-state index contributed by atoms with van der Waals surface area (Å²) < 4.78 is 0. The Morgan fingerprint density at radius 3 is 1.79 bits per heavy atom. The minimum absolute atomic E-state index is 0. The van der Waals surface area contributed by atoms with E-state index in [1.165, 1.54) is 62.5 Å². The molecule has 0 saturated carbocycles. The van der Waals surface area contributed by atoms with Gasteiger partial charge in [-0.15, -0.1) is 0 Å². The summed E-state index contributed by atoms with van der Waals surface area (Å²) in [6.45, 7) is 6.75. The number of rotatable bonds is 16. The number of hydrogen-bond donors (Lipinski definition) is 0. The van der Waals surface area contributed by atoms with E-state index in [4.69, 9.17) is 9.98 Å². The SMILES string of the molecule is CCCCCCc1cccc(/N=C/C(CCCC)=N/c2cccc(CCCCCC)c2)c1.[Ni]. The fourth-order valence-corrected chi connectivity index (χ4v) is 3.91. The molecule has 2 rings (SSSR count). The van der Waals surface area contributed by atoms with Gasteiger partial charge in [-0.25, -0.2) is 0 Å². The third kappa shape index (κ3) is 12.9. The van der Waals surface area contributed by atoms with Gasteiger partial charge in [0, 0.05) is 22.7 Å². The first-order chi connectivity index (χ1) is 15.7. The summed E-state index contributed by atoms with van der Waals surface area (Å²) in [7, 11) is 0.